The smallest absolute Gasteiger partial charge is 0.242 e. The number of hydrogen-bond acceptors (Lipinski definition) is 3. The highest BCUT2D eigenvalue weighted by molar-refractivity contribution is 9.10. The molecule has 1 aromatic carbocycles. The van der Waals surface area contributed by atoms with Gasteiger partial charge in [0.05, 0.1) is 9.37 Å². The van der Waals surface area contributed by atoms with Crippen molar-refractivity contribution in [2.45, 2.75) is 37.6 Å². The Labute approximate surface area is 133 Å². The van der Waals surface area contributed by atoms with Crippen LogP contribution in [0.4, 0.5) is 5.69 Å². The summed E-state index contributed by atoms with van der Waals surface area (Å²) in [5.41, 5.74) is 6.06. The minimum absolute atomic E-state index is 0.0397. The van der Waals surface area contributed by atoms with Crippen molar-refractivity contribution in [3.05, 3.63) is 21.6 Å². The Bertz CT molecular complexity index is 621. The summed E-state index contributed by atoms with van der Waals surface area (Å²) in [5.74, 6) is 0.843. The van der Waals surface area contributed by atoms with Gasteiger partial charge in [-0.2, -0.15) is 0 Å². The van der Waals surface area contributed by atoms with Crippen LogP contribution in [0.3, 0.4) is 0 Å². The standard InChI is InChI=1S/C13H18BrClN2O2S/c1-7-3-4-11(8(7)2)17-20(18,19)12-6-9(15)5-10(16)13(12)14/h5-8,11,17H,3-4,16H2,1-2H3. The fraction of sp³-hybridized carbons (Fsp3) is 0.538. The molecule has 1 fully saturated rings. The summed E-state index contributed by atoms with van der Waals surface area (Å²) in [6.07, 6.45) is 1.89. The molecule has 1 aliphatic carbocycles. The summed E-state index contributed by atoms with van der Waals surface area (Å²) in [4.78, 5) is 0.0919. The van der Waals surface area contributed by atoms with Crippen molar-refractivity contribution in [2.24, 2.45) is 11.8 Å². The average molecular weight is 382 g/mol. The van der Waals surface area contributed by atoms with Gasteiger partial charge < -0.3 is 5.73 Å². The number of sulfonamides is 1. The monoisotopic (exact) mass is 380 g/mol. The fourth-order valence-electron chi connectivity index (χ4n) is 2.57. The van der Waals surface area contributed by atoms with Crippen LogP contribution in [-0.4, -0.2) is 14.5 Å². The van der Waals surface area contributed by atoms with Gasteiger partial charge >= 0.3 is 0 Å². The number of nitrogens with two attached hydrogens (primary N) is 1. The number of hydrogen-bond donors (Lipinski definition) is 2. The van der Waals surface area contributed by atoms with Crippen LogP contribution < -0.4 is 10.5 Å². The van der Waals surface area contributed by atoms with E-state index in [1.165, 1.54) is 12.1 Å². The fourth-order valence-corrected chi connectivity index (χ4v) is 5.23. The van der Waals surface area contributed by atoms with Crippen molar-refractivity contribution in [1.29, 1.82) is 0 Å². The van der Waals surface area contributed by atoms with E-state index < -0.39 is 10.0 Å². The number of halogens is 2. The first kappa shape index (κ1) is 16.1. The van der Waals surface area contributed by atoms with E-state index >= 15 is 0 Å². The Morgan fingerprint density at radius 3 is 2.55 bits per heavy atom. The number of benzene rings is 1. The first-order chi connectivity index (χ1) is 9.22. The van der Waals surface area contributed by atoms with Crippen LogP contribution in [0.1, 0.15) is 26.7 Å². The van der Waals surface area contributed by atoms with E-state index in [9.17, 15) is 8.42 Å². The third kappa shape index (κ3) is 3.13. The summed E-state index contributed by atoms with van der Waals surface area (Å²) >= 11 is 9.13. The van der Waals surface area contributed by atoms with E-state index in [0.717, 1.165) is 12.8 Å². The molecule has 0 spiro atoms. The van der Waals surface area contributed by atoms with E-state index in [2.05, 4.69) is 34.5 Å². The van der Waals surface area contributed by atoms with Crippen molar-refractivity contribution < 1.29 is 8.42 Å². The first-order valence-corrected chi connectivity index (χ1v) is 9.14. The van der Waals surface area contributed by atoms with Gasteiger partial charge in [-0.25, -0.2) is 13.1 Å². The Morgan fingerprint density at radius 1 is 1.35 bits per heavy atom. The zero-order valence-electron chi connectivity index (χ0n) is 11.4. The zero-order valence-corrected chi connectivity index (χ0v) is 14.5. The lowest BCUT2D eigenvalue weighted by Crippen LogP contribution is -2.37. The predicted molar refractivity (Wildman–Crippen MR) is 85.2 cm³/mol. The van der Waals surface area contributed by atoms with Gasteiger partial charge in [-0.15, -0.1) is 0 Å². The lowest BCUT2D eigenvalue weighted by atomic mass is 9.98. The quantitative estimate of drug-likeness (QED) is 0.788. The minimum Gasteiger partial charge on any atom is -0.398 e. The highest BCUT2D eigenvalue weighted by Crippen LogP contribution is 2.35. The van der Waals surface area contributed by atoms with Gasteiger partial charge in [-0.1, -0.05) is 25.4 Å². The average Bonchev–Trinajstić information content (AvgIpc) is 2.65. The number of nitrogens with one attached hydrogen (secondary N) is 1. The van der Waals surface area contributed by atoms with Crippen LogP contribution in [-0.2, 0) is 10.0 Å². The lowest BCUT2D eigenvalue weighted by molar-refractivity contribution is 0.402. The summed E-state index contributed by atoms with van der Waals surface area (Å²) < 4.78 is 28.2. The molecule has 1 aromatic rings. The highest BCUT2D eigenvalue weighted by atomic mass is 79.9. The van der Waals surface area contributed by atoms with Gasteiger partial charge in [0, 0.05) is 16.8 Å². The van der Waals surface area contributed by atoms with Gasteiger partial charge in [0.1, 0.15) is 0 Å². The van der Waals surface area contributed by atoms with Crippen molar-refractivity contribution >= 4 is 43.2 Å². The van der Waals surface area contributed by atoms with Crippen LogP contribution >= 0.6 is 27.5 Å². The largest absolute Gasteiger partial charge is 0.398 e. The molecule has 1 saturated carbocycles. The number of anilines is 1. The maximum Gasteiger partial charge on any atom is 0.242 e. The van der Waals surface area contributed by atoms with Crippen LogP contribution in [0, 0.1) is 11.8 Å². The highest BCUT2D eigenvalue weighted by Gasteiger charge is 2.33. The Morgan fingerprint density at radius 2 is 2.00 bits per heavy atom. The Kier molecular flexibility index (Phi) is 4.69. The second kappa shape index (κ2) is 5.83. The Hall–Kier alpha value is -0.300. The van der Waals surface area contributed by atoms with E-state index in [4.69, 9.17) is 17.3 Å². The van der Waals surface area contributed by atoms with Gasteiger partial charge in [-0.3, -0.25) is 0 Å². The molecular weight excluding hydrogens is 364 g/mol. The molecule has 112 valence electrons. The molecule has 20 heavy (non-hydrogen) atoms. The molecule has 0 saturated heterocycles. The lowest BCUT2D eigenvalue weighted by Gasteiger charge is -2.20. The molecular formula is C13H18BrClN2O2S. The summed E-state index contributed by atoms with van der Waals surface area (Å²) in [5, 5.41) is 0.305. The molecule has 2 rings (SSSR count). The summed E-state index contributed by atoms with van der Waals surface area (Å²) in [6, 6.07) is 2.89. The predicted octanol–water partition coefficient (Wildman–Crippen LogP) is 3.40. The van der Waals surface area contributed by atoms with Crippen LogP contribution in [0.5, 0.6) is 0 Å². The molecule has 0 bridgehead atoms. The van der Waals surface area contributed by atoms with Gasteiger partial charge in [-0.05, 0) is 52.7 Å². The zero-order chi connectivity index (χ0) is 15.1. The van der Waals surface area contributed by atoms with Crippen LogP contribution in [0.2, 0.25) is 5.02 Å². The van der Waals surface area contributed by atoms with Gasteiger partial charge in [0.15, 0.2) is 0 Å². The summed E-state index contributed by atoms with van der Waals surface area (Å²) in [6.45, 7) is 4.22. The second-order valence-electron chi connectivity index (χ2n) is 5.45. The third-order valence-electron chi connectivity index (χ3n) is 4.09. The molecule has 3 N–H and O–H groups in total. The molecule has 0 aliphatic heterocycles. The molecule has 0 amide bonds. The molecule has 0 heterocycles. The SMILES string of the molecule is CC1CCC(NS(=O)(=O)c2cc(Cl)cc(N)c2Br)C1C. The normalized spacial score (nSPS) is 26.9. The van der Waals surface area contributed by atoms with Crippen molar-refractivity contribution in [1.82, 2.24) is 4.72 Å². The molecule has 0 aromatic heterocycles. The maximum atomic E-state index is 12.5. The second-order valence-corrected chi connectivity index (χ2v) is 8.36. The van der Waals surface area contributed by atoms with Crippen molar-refractivity contribution in [2.75, 3.05) is 5.73 Å². The molecule has 0 radical (unpaired) electrons. The number of rotatable bonds is 3. The molecule has 7 heteroatoms. The van der Waals surface area contributed by atoms with Gasteiger partial charge in [0.25, 0.3) is 0 Å². The van der Waals surface area contributed by atoms with Gasteiger partial charge in [0.2, 0.25) is 10.0 Å². The summed E-state index contributed by atoms with van der Waals surface area (Å²) in [7, 11) is -3.64. The molecule has 3 unspecified atom stereocenters. The molecule has 3 atom stereocenters. The first-order valence-electron chi connectivity index (χ1n) is 6.49. The van der Waals surface area contributed by atoms with E-state index in [1.807, 2.05) is 0 Å². The molecule has 1 aliphatic rings. The van der Waals surface area contributed by atoms with Crippen molar-refractivity contribution in [3.63, 3.8) is 0 Å². The number of nitrogen functional groups attached to an aromatic ring is 1. The Balaban J connectivity index is 2.32. The van der Waals surface area contributed by atoms with E-state index in [0.29, 0.717) is 27.0 Å². The van der Waals surface area contributed by atoms with Crippen LogP contribution in [0.15, 0.2) is 21.5 Å². The van der Waals surface area contributed by atoms with Crippen molar-refractivity contribution in [3.8, 4) is 0 Å². The topological polar surface area (TPSA) is 72.2 Å². The maximum absolute atomic E-state index is 12.5. The third-order valence-corrected chi connectivity index (χ3v) is 6.97. The van der Waals surface area contributed by atoms with Crippen LogP contribution in [0.25, 0.3) is 0 Å². The molecule has 4 nitrogen and oxygen atoms in total. The van der Waals surface area contributed by atoms with E-state index in [-0.39, 0.29) is 10.9 Å². The minimum atomic E-state index is -3.64. The van der Waals surface area contributed by atoms with E-state index in [1.54, 1.807) is 0 Å².